The van der Waals surface area contributed by atoms with Crippen LogP contribution >= 0.6 is 0 Å². The summed E-state index contributed by atoms with van der Waals surface area (Å²) in [5, 5.41) is 0. The zero-order chi connectivity index (χ0) is 14.8. The average molecular weight is 274 g/mol. The van der Waals surface area contributed by atoms with E-state index in [0.717, 1.165) is 0 Å². The molecule has 0 aliphatic heterocycles. The second-order valence-corrected chi connectivity index (χ2v) is 4.80. The fraction of sp³-hybridized carbons (Fsp3) is 0.929. The van der Waals surface area contributed by atoms with Crippen LogP contribution in [-0.2, 0) is 0 Å². The molecule has 116 valence electrons. The summed E-state index contributed by atoms with van der Waals surface area (Å²) in [6.07, 6.45) is 15.9. The number of nitrogens with two attached hydrogens (primary N) is 2. The Morgan fingerprint density at radius 1 is 0.684 bits per heavy atom. The molecule has 0 rings (SSSR count). The van der Waals surface area contributed by atoms with Crippen molar-refractivity contribution in [3.05, 3.63) is 0 Å². The molecule has 2 amide bonds. The van der Waals surface area contributed by atoms with Gasteiger partial charge in [0.1, 0.15) is 0 Å². The van der Waals surface area contributed by atoms with Crippen LogP contribution in [-0.4, -0.2) is 6.03 Å². The molecule has 0 bridgehead atoms. The van der Waals surface area contributed by atoms with Gasteiger partial charge in [-0.3, -0.25) is 10.9 Å². The highest BCUT2D eigenvalue weighted by molar-refractivity contribution is 5.72. The largest absolute Gasteiger partial charge is 0.343 e. The van der Waals surface area contributed by atoms with Gasteiger partial charge in [-0.15, -0.1) is 0 Å². The topological polar surface area (TPSA) is 93.2 Å². The minimum atomic E-state index is -0.602. The van der Waals surface area contributed by atoms with Crippen molar-refractivity contribution < 1.29 is 4.79 Å². The molecule has 0 fully saturated rings. The van der Waals surface area contributed by atoms with Gasteiger partial charge in [-0.1, -0.05) is 84.5 Å². The van der Waals surface area contributed by atoms with Gasteiger partial charge in [-0.25, -0.2) is 16.5 Å². The van der Waals surface area contributed by atoms with Gasteiger partial charge in [0.15, 0.2) is 0 Å². The molecule has 0 aromatic carbocycles. The highest BCUT2D eigenvalue weighted by atomic mass is 16.2. The Kier molecular flexibility index (Phi) is 21.1. The van der Waals surface area contributed by atoms with Crippen LogP contribution in [0.4, 0.5) is 4.79 Å². The van der Waals surface area contributed by atoms with E-state index >= 15 is 0 Å². The van der Waals surface area contributed by atoms with Crippen molar-refractivity contribution in [2.45, 2.75) is 84.5 Å². The highest BCUT2D eigenvalue weighted by Gasteiger charge is 1.91. The van der Waals surface area contributed by atoms with Gasteiger partial charge in [-0.05, 0) is 0 Å². The second-order valence-electron chi connectivity index (χ2n) is 4.80. The SMILES string of the molecule is CCCCCCCCCCCCC.NNC(=O)NN. The number of hydrazine groups is 2. The maximum atomic E-state index is 9.71. The van der Waals surface area contributed by atoms with Gasteiger partial charge in [-0.2, -0.15) is 0 Å². The van der Waals surface area contributed by atoms with Crippen LogP contribution in [0.25, 0.3) is 0 Å². The minimum absolute atomic E-state index is 0.602. The molecule has 19 heavy (non-hydrogen) atoms. The zero-order valence-corrected chi connectivity index (χ0v) is 12.8. The Bertz CT molecular complexity index is 161. The molecule has 5 heteroatoms. The van der Waals surface area contributed by atoms with E-state index in [0.29, 0.717) is 0 Å². The summed E-state index contributed by atoms with van der Waals surface area (Å²) in [4.78, 5) is 9.71. The van der Waals surface area contributed by atoms with Crippen molar-refractivity contribution in [2.75, 3.05) is 0 Å². The van der Waals surface area contributed by atoms with Crippen LogP contribution in [0.3, 0.4) is 0 Å². The summed E-state index contributed by atoms with van der Waals surface area (Å²) >= 11 is 0. The van der Waals surface area contributed by atoms with Gasteiger partial charge < -0.3 is 0 Å². The van der Waals surface area contributed by atoms with E-state index in [-0.39, 0.29) is 0 Å². The van der Waals surface area contributed by atoms with E-state index in [2.05, 4.69) is 25.5 Å². The fourth-order valence-electron chi connectivity index (χ4n) is 1.78. The third kappa shape index (κ3) is 22.8. The van der Waals surface area contributed by atoms with Crippen molar-refractivity contribution in [1.82, 2.24) is 10.9 Å². The fourth-order valence-corrected chi connectivity index (χ4v) is 1.78. The second kappa shape index (κ2) is 19.5. The van der Waals surface area contributed by atoms with E-state index in [1.807, 2.05) is 0 Å². The Hall–Kier alpha value is -0.810. The standard InChI is InChI=1S/C13H28.CH6N4O/c1-3-5-7-9-11-13-12-10-8-6-4-2;2-4-1(6)5-3/h3-13H2,1-2H3;2-3H2,(H2,4,5,6). The molecule has 0 heterocycles. The molecule has 0 aliphatic carbocycles. The van der Waals surface area contributed by atoms with Crippen LogP contribution in [0.1, 0.15) is 84.5 Å². The lowest BCUT2D eigenvalue weighted by Crippen LogP contribution is -2.43. The maximum Gasteiger partial charge on any atom is 0.343 e. The number of amides is 2. The monoisotopic (exact) mass is 274 g/mol. The molecular weight excluding hydrogens is 240 g/mol. The van der Waals surface area contributed by atoms with Gasteiger partial charge in [0.2, 0.25) is 0 Å². The van der Waals surface area contributed by atoms with Crippen molar-refractivity contribution in [3.8, 4) is 0 Å². The number of nitrogens with one attached hydrogen (secondary N) is 2. The number of hydrogen-bond donors (Lipinski definition) is 4. The molecule has 0 spiro atoms. The Morgan fingerprint density at radius 2 is 0.947 bits per heavy atom. The Balaban J connectivity index is 0. The predicted octanol–water partition coefficient (Wildman–Crippen LogP) is 3.35. The average Bonchev–Trinajstić information content (AvgIpc) is 2.45. The van der Waals surface area contributed by atoms with Crippen LogP contribution in [0, 0.1) is 0 Å². The molecule has 0 saturated heterocycles. The van der Waals surface area contributed by atoms with Gasteiger partial charge in [0.05, 0.1) is 0 Å². The molecule has 0 saturated carbocycles. The molecule has 0 unspecified atom stereocenters. The zero-order valence-electron chi connectivity index (χ0n) is 12.8. The Morgan fingerprint density at radius 3 is 1.11 bits per heavy atom. The number of rotatable bonds is 10. The van der Waals surface area contributed by atoms with Crippen molar-refractivity contribution in [3.63, 3.8) is 0 Å². The smallest absolute Gasteiger partial charge is 0.275 e. The lowest BCUT2D eigenvalue weighted by molar-refractivity contribution is 0.241. The molecule has 0 radical (unpaired) electrons. The number of unbranched alkanes of at least 4 members (excludes halogenated alkanes) is 10. The number of carbonyl (C=O) groups excluding carboxylic acids is 1. The van der Waals surface area contributed by atoms with Crippen LogP contribution in [0.2, 0.25) is 0 Å². The number of urea groups is 1. The first-order valence-corrected chi connectivity index (χ1v) is 7.70. The molecule has 0 atom stereocenters. The minimum Gasteiger partial charge on any atom is -0.275 e. The summed E-state index contributed by atoms with van der Waals surface area (Å²) in [7, 11) is 0. The third-order valence-electron chi connectivity index (χ3n) is 2.97. The van der Waals surface area contributed by atoms with Crippen molar-refractivity contribution in [1.29, 1.82) is 0 Å². The van der Waals surface area contributed by atoms with Crippen LogP contribution in [0.15, 0.2) is 0 Å². The van der Waals surface area contributed by atoms with Crippen molar-refractivity contribution in [2.24, 2.45) is 11.7 Å². The first-order valence-electron chi connectivity index (χ1n) is 7.70. The van der Waals surface area contributed by atoms with Gasteiger partial charge in [0, 0.05) is 0 Å². The summed E-state index contributed by atoms with van der Waals surface area (Å²) in [6, 6.07) is -0.602. The van der Waals surface area contributed by atoms with E-state index in [1.54, 1.807) is 10.9 Å². The first kappa shape index (κ1) is 20.5. The summed E-state index contributed by atoms with van der Waals surface area (Å²) < 4.78 is 0. The predicted molar refractivity (Wildman–Crippen MR) is 82.2 cm³/mol. The highest BCUT2D eigenvalue weighted by Crippen LogP contribution is 2.10. The Labute approximate surface area is 118 Å². The molecule has 0 aromatic heterocycles. The van der Waals surface area contributed by atoms with Crippen molar-refractivity contribution >= 4 is 6.03 Å². The quantitative estimate of drug-likeness (QED) is 0.213. The third-order valence-corrected chi connectivity index (χ3v) is 2.97. The summed E-state index contributed by atoms with van der Waals surface area (Å²) in [5.74, 6) is 9.08. The van der Waals surface area contributed by atoms with E-state index in [4.69, 9.17) is 0 Å². The molecular formula is C14H34N4O. The number of carbonyl (C=O) groups is 1. The van der Waals surface area contributed by atoms with Gasteiger partial charge >= 0.3 is 6.03 Å². The number of hydrogen-bond acceptors (Lipinski definition) is 3. The lowest BCUT2D eigenvalue weighted by atomic mass is 10.1. The van der Waals surface area contributed by atoms with Gasteiger partial charge in [0.25, 0.3) is 0 Å². The molecule has 5 nitrogen and oxygen atoms in total. The normalized spacial score (nSPS) is 9.47. The maximum absolute atomic E-state index is 9.71. The van der Waals surface area contributed by atoms with Crippen LogP contribution in [0.5, 0.6) is 0 Å². The van der Waals surface area contributed by atoms with E-state index in [9.17, 15) is 4.79 Å². The molecule has 6 N–H and O–H groups in total. The first-order chi connectivity index (χ1) is 9.22. The molecule has 0 aliphatic rings. The van der Waals surface area contributed by atoms with Crippen LogP contribution < -0.4 is 22.5 Å². The lowest BCUT2D eigenvalue weighted by Gasteiger charge is -2.00. The summed E-state index contributed by atoms with van der Waals surface area (Å²) in [6.45, 7) is 4.56. The van der Waals surface area contributed by atoms with E-state index < -0.39 is 6.03 Å². The van der Waals surface area contributed by atoms with E-state index in [1.165, 1.54) is 70.6 Å². The molecule has 0 aromatic rings. The summed E-state index contributed by atoms with van der Waals surface area (Å²) in [5.41, 5.74) is 3.48.